The van der Waals surface area contributed by atoms with E-state index in [4.69, 9.17) is 33.2 Å². The predicted molar refractivity (Wildman–Crippen MR) is 198 cm³/mol. The minimum atomic E-state index is -2.06. The lowest BCUT2D eigenvalue weighted by Crippen LogP contribution is -2.78. The first-order valence-electron chi connectivity index (χ1n) is 20.1. The molecule has 1 aromatic carbocycles. The Balaban J connectivity index is 1.09. The minimum absolute atomic E-state index is 0.0228. The van der Waals surface area contributed by atoms with Crippen LogP contribution in [0.3, 0.4) is 0 Å². The minimum Gasteiger partial charge on any atom is -0.508 e. The average Bonchev–Trinajstić information content (AvgIpc) is 3.39. The summed E-state index contributed by atoms with van der Waals surface area (Å²) in [6, 6.07) is 5.59. The lowest BCUT2D eigenvalue weighted by atomic mass is 9.42. The molecular formula is C42H60O14. The van der Waals surface area contributed by atoms with Crippen molar-refractivity contribution in [3.05, 3.63) is 41.5 Å². The van der Waals surface area contributed by atoms with Crippen LogP contribution >= 0.6 is 0 Å². The summed E-state index contributed by atoms with van der Waals surface area (Å²) in [6.45, 7) is 8.59. The monoisotopic (exact) mass is 788 g/mol. The molecule has 312 valence electrons. The molecule has 0 spiro atoms. The first kappa shape index (κ1) is 41.7. The van der Waals surface area contributed by atoms with Crippen LogP contribution in [0.15, 0.2) is 35.9 Å². The summed E-state index contributed by atoms with van der Waals surface area (Å²) < 4.78 is 42.8. The van der Waals surface area contributed by atoms with Gasteiger partial charge in [0.1, 0.15) is 40.9 Å². The molecule has 4 aliphatic carbocycles. The summed E-state index contributed by atoms with van der Waals surface area (Å²) in [5.74, 6) is -1.90. The van der Waals surface area contributed by atoms with Crippen LogP contribution in [0, 0.1) is 16.7 Å². The quantitative estimate of drug-likeness (QED) is 0.180. The number of hydrogen-bond donors (Lipinski definition) is 5. The van der Waals surface area contributed by atoms with Gasteiger partial charge in [-0.3, -0.25) is 4.79 Å². The fourth-order valence-corrected chi connectivity index (χ4v) is 11.5. The number of aromatic hydroxyl groups is 1. The molecule has 0 aromatic heterocycles. The van der Waals surface area contributed by atoms with Crippen LogP contribution in [-0.2, 0) is 38.0 Å². The van der Waals surface area contributed by atoms with E-state index in [-0.39, 0.29) is 49.2 Å². The van der Waals surface area contributed by atoms with Crippen LogP contribution in [0.5, 0.6) is 5.75 Å². The van der Waals surface area contributed by atoms with E-state index in [0.29, 0.717) is 32.1 Å². The fourth-order valence-electron chi connectivity index (χ4n) is 11.5. The number of hydrogen-bond acceptors (Lipinski definition) is 14. The number of ketones is 1. The Bertz CT molecular complexity index is 1670. The zero-order chi connectivity index (χ0) is 40.6. The molecule has 3 saturated carbocycles. The number of methoxy groups -OCH3 is 2. The second kappa shape index (κ2) is 15.0. The summed E-state index contributed by atoms with van der Waals surface area (Å²) in [5.41, 5.74) is -6.91. The van der Waals surface area contributed by atoms with Crippen LogP contribution in [0.2, 0.25) is 0 Å². The predicted octanol–water partition coefficient (Wildman–Crippen LogP) is 3.47. The highest BCUT2D eigenvalue weighted by atomic mass is 16.7. The molecule has 14 heteroatoms. The highest BCUT2D eigenvalue weighted by Crippen LogP contribution is 2.71. The molecule has 16 atom stereocenters. The summed E-state index contributed by atoms with van der Waals surface area (Å²) >= 11 is 0. The molecule has 2 heterocycles. The van der Waals surface area contributed by atoms with E-state index < -0.39 is 94.5 Å². The molecular weight excluding hydrogens is 728 g/mol. The largest absolute Gasteiger partial charge is 0.508 e. The van der Waals surface area contributed by atoms with Crippen LogP contribution in [0.1, 0.15) is 103 Å². The van der Waals surface area contributed by atoms with Gasteiger partial charge in [-0.2, -0.15) is 0 Å². The summed E-state index contributed by atoms with van der Waals surface area (Å²) in [7, 11) is 3.18. The van der Waals surface area contributed by atoms with E-state index in [1.54, 1.807) is 28.1 Å². The van der Waals surface area contributed by atoms with Crippen LogP contribution in [0.4, 0.5) is 0 Å². The summed E-state index contributed by atoms with van der Waals surface area (Å²) in [5, 5.41) is 57.9. The SMILES string of the molecule is COC1CC(OC2C(C)OC(OC3CCC4(C)C(=CCC5(O)C4CC(OC(=O)c4ccc(O)cc4)C4(C)C(O)(C(C)=O)CCC54O)C3)CC2OC)OC(C)C1O. The molecule has 5 N–H and O–H groups in total. The number of phenols is 1. The molecule has 16 unspecified atom stereocenters. The number of aliphatic hydroxyl groups is 4. The van der Waals surface area contributed by atoms with Gasteiger partial charge in [0.15, 0.2) is 18.4 Å². The number of esters is 1. The van der Waals surface area contributed by atoms with Crippen molar-refractivity contribution in [1.82, 2.24) is 0 Å². The third kappa shape index (κ3) is 6.38. The maximum atomic E-state index is 13.6. The second-order valence-electron chi connectivity index (χ2n) is 17.6. The molecule has 7 rings (SSSR count). The van der Waals surface area contributed by atoms with Crippen molar-refractivity contribution in [2.75, 3.05) is 14.2 Å². The fraction of sp³-hybridized carbons (Fsp3) is 0.762. The van der Waals surface area contributed by atoms with Gasteiger partial charge in [0.05, 0.1) is 41.5 Å². The van der Waals surface area contributed by atoms with Crippen molar-refractivity contribution in [3.8, 4) is 5.75 Å². The number of ether oxygens (including phenoxy) is 7. The van der Waals surface area contributed by atoms with Crippen molar-refractivity contribution in [1.29, 1.82) is 0 Å². The van der Waals surface area contributed by atoms with Crippen molar-refractivity contribution in [2.24, 2.45) is 16.7 Å². The van der Waals surface area contributed by atoms with Crippen LogP contribution in [-0.4, -0.2) is 130 Å². The Hall–Kier alpha value is -2.50. The van der Waals surface area contributed by atoms with E-state index in [1.807, 2.05) is 13.0 Å². The first-order valence-corrected chi connectivity index (χ1v) is 20.1. The first-order chi connectivity index (χ1) is 26.3. The Morgan fingerprint density at radius 1 is 0.857 bits per heavy atom. The highest BCUT2D eigenvalue weighted by molar-refractivity contribution is 5.90. The normalized spacial score (nSPS) is 47.6. The van der Waals surface area contributed by atoms with Crippen molar-refractivity contribution < 1.29 is 68.3 Å². The van der Waals surface area contributed by atoms with Gasteiger partial charge in [-0.25, -0.2) is 4.79 Å². The molecule has 2 aliphatic heterocycles. The topological polar surface area (TPSA) is 200 Å². The Labute approximate surface area is 328 Å². The Morgan fingerprint density at radius 2 is 1.50 bits per heavy atom. The molecule has 5 fully saturated rings. The van der Waals surface area contributed by atoms with E-state index >= 15 is 0 Å². The summed E-state index contributed by atoms with van der Waals surface area (Å²) in [6.07, 6.45) is -0.836. The number of rotatable bonds is 9. The molecule has 14 nitrogen and oxygen atoms in total. The number of benzene rings is 1. The number of aliphatic hydroxyl groups excluding tert-OH is 1. The molecule has 0 bridgehead atoms. The third-order valence-electron chi connectivity index (χ3n) is 15.0. The lowest BCUT2D eigenvalue weighted by Gasteiger charge is -2.67. The van der Waals surface area contributed by atoms with Gasteiger partial charge in [0.25, 0.3) is 0 Å². The van der Waals surface area contributed by atoms with Crippen LogP contribution < -0.4 is 0 Å². The van der Waals surface area contributed by atoms with E-state index in [2.05, 4.69) is 6.92 Å². The van der Waals surface area contributed by atoms with Crippen molar-refractivity contribution in [3.63, 3.8) is 0 Å². The molecule has 56 heavy (non-hydrogen) atoms. The molecule has 1 aromatic rings. The maximum absolute atomic E-state index is 13.6. The van der Waals surface area contributed by atoms with E-state index in [9.17, 15) is 35.1 Å². The third-order valence-corrected chi connectivity index (χ3v) is 15.0. The summed E-state index contributed by atoms with van der Waals surface area (Å²) in [4.78, 5) is 26.8. The standard InChI is InChI=1S/C42H60O14/c1-22-35(45)29(50-6)19-34(52-22)56-36-23(2)53-33(20-30(36)51-7)54-28-13-14-38(4)26(18-28)12-15-41(48)31(38)21-32(55-37(46)25-8-10-27(44)11-9-25)39(5)40(47,24(3)43)16-17-42(39,41)49/h8-12,22-23,28-36,44-45,47-49H,13-21H2,1-7H3. The van der Waals surface area contributed by atoms with Gasteiger partial charge in [0, 0.05) is 33.0 Å². The Morgan fingerprint density at radius 3 is 2.16 bits per heavy atom. The second-order valence-corrected chi connectivity index (χ2v) is 17.6. The van der Waals surface area contributed by atoms with Gasteiger partial charge < -0.3 is 58.7 Å². The molecule has 6 aliphatic rings. The molecule has 2 saturated heterocycles. The van der Waals surface area contributed by atoms with Gasteiger partial charge in [-0.05, 0) is 102 Å². The van der Waals surface area contributed by atoms with Gasteiger partial charge in [0.2, 0.25) is 0 Å². The number of carbonyl (C=O) groups excluding carboxylic acids is 2. The number of phenolic OH excluding ortho intramolecular Hbond substituents is 1. The van der Waals surface area contributed by atoms with E-state index in [1.165, 1.54) is 31.2 Å². The zero-order valence-corrected chi connectivity index (χ0v) is 33.5. The number of Topliss-reactive ketones (excluding diaryl/α,β-unsaturated/α-hetero) is 1. The molecule has 0 amide bonds. The van der Waals surface area contributed by atoms with E-state index in [0.717, 1.165) is 5.57 Å². The average molecular weight is 789 g/mol. The maximum Gasteiger partial charge on any atom is 0.338 e. The smallest absolute Gasteiger partial charge is 0.338 e. The molecule has 0 radical (unpaired) electrons. The van der Waals surface area contributed by atoms with Gasteiger partial charge in [-0.1, -0.05) is 18.6 Å². The lowest BCUT2D eigenvalue weighted by molar-refractivity contribution is -0.322. The van der Waals surface area contributed by atoms with Crippen molar-refractivity contribution in [2.45, 2.75) is 171 Å². The zero-order valence-electron chi connectivity index (χ0n) is 33.5. The Kier molecular flexibility index (Phi) is 11.1. The van der Waals surface area contributed by atoms with Gasteiger partial charge in [-0.15, -0.1) is 0 Å². The number of carbonyl (C=O) groups is 2. The van der Waals surface area contributed by atoms with Gasteiger partial charge >= 0.3 is 5.97 Å². The number of fused-ring (bicyclic) bond motifs is 5. The highest BCUT2D eigenvalue weighted by Gasteiger charge is 2.81. The van der Waals surface area contributed by atoms with Crippen molar-refractivity contribution >= 4 is 11.8 Å². The van der Waals surface area contributed by atoms with Crippen LogP contribution in [0.25, 0.3) is 0 Å².